The summed E-state index contributed by atoms with van der Waals surface area (Å²) >= 11 is 0. The highest BCUT2D eigenvalue weighted by molar-refractivity contribution is 7.91. The SMILES string of the molecule is CC(C)(C)OC(=O)N1CCC(C(F)S(=O)(=O)c2ccc(-c3ccc(F)cc3F)cc2)CC1. The van der Waals surface area contributed by atoms with Gasteiger partial charge in [0.15, 0.2) is 0 Å². The van der Waals surface area contributed by atoms with Crippen LogP contribution >= 0.6 is 0 Å². The number of benzene rings is 2. The maximum absolute atomic E-state index is 15.1. The van der Waals surface area contributed by atoms with Gasteiger partial charge in [0, 0.05) is 30.6 Å². The molecule has 2 aromatic rings. The zero-order valence-corrected chi connectivity index (χ0v) is 19.0. The molecule has 1 unspecified atom stereocenters. The van der Waals surface area contributed by atoms with Crippen LogP contribution in [-0.4, -0.2) is 43.6 Å². The molecule has 1 aliphatic rings. The van der Waals surface area contributed by atoms with Crippen molar-refractivity contribution in [3.05, 3.63) is 54.1 Å². The number of hydrogen-bond acceptors (Lipinski definition) is 4. The Morgan fingerprint density at radius 3 is 2.19 bits per heavy atom. The van der Waals surface area contributed by atoms with Crippen LogP contribution in [-0.2, 0) is 14.6 Å². The summed E-state index contributed by atoms with van der Waals surface area (Å²) in [5.74, 6) is -2.25. The Morgan fingerprint density at radius 1 is 1.06 bits per heavy atom. The molecule has 32 heavy (non-hydrogen) atoms. The molecule has 1 aliphatic heterocycles. The van der Waals surface area contributed by atoms with Crippen molar-refractivity contribution in [1.82, 2.24) is 4.90 Å². The van der Waals surface area contributed by atoms with Gasteiger partial charge in [-0.15, -0.1) is 0 Å². The first-order valence-corrected chi connectivity index (χ1v) is 11.8. The van der Waals surface area contributed by atoms with Crippen LogP contribution in [0.3, 0.4) is 0 Å². The van der Waals surface area contributed by atoms with Crippen LogP contribution in [0.15, 0.2) is 47.4 Å². The zero-order valence-electron chi connectivity index (χ0n) is 18.1. The first-order chi connectivity index (χ1) is 14.9. The third-order valence-electron chi connectivity index (χ3n) is 5.28. The molecule has 1 fully saturated rings. The maximum Gasteiger partial charge on any atom is 0.410 e. The van der Waals surface area contributed by atoms with E-state index in [2.05, 4.69) is 0 Å². The predicted molar refractivity (Wildman–Crippen MR) is 114 cm³/mol. The molecule has 1 amide bonds. The minimum absolute atomic E-state index is 0.113. The third kappa shape index (κ3) is 5.43. The van der Waals surface area contributed by atoms with E-state index in [9.17, 15) is 22.0 Å². The summed E-state index contributed by atoms with van der Waals surface area (Å²) in [6, 6.07) is 8.25. The first kappa shape index (κ1) is 24.1. The third-order valence-corrected chi connectivity index (χ3v) is 7.19. The van der Waals surface area contributed by atoms with Gasteiger partial charge in [-0.3, -0.25) is 0 Å². The van der Waals surface area contributed by atoms with Crippen molar-refractivity contribution < 1.29 is 31.1 Å². The Labute approximate surface area is 186 Å². The summed E-state index contributed by atoms with van der Waals surface area (Å²) in [6.07, 6.45) is -0.116. The van der Waals surface area contributed by atoms with E-state index in [0.29, 0.717) is 5.56 Å². The molecule has 3 rings (SSSR count). The summed E-state index contributed by atoms with van der Waals surface area (Å²) in [4.78, 5) is 13.4. The highest BCUT2D eigenvalue weighted by atomic mass is 32.2. The molecular formula is C23H26F3NO4S. The number of rotatable bonds is 4. The minimum Gasteiger partial charge on any atom is -0.444 e. The van der Waals surface area contributed by atoms with Gasteiger partial charge in [0.1, 0.15) is 17.2 Å². The fourth-order valence-electron chi connectivity index (χ4n) is 3.60. The predicted octanol–water partition coefficient (Wildman–Crippen LogP) is 5.35. The standard InChI is InChI=1S/C23H26F3NO4S/c1-23(2,3)31-22(28)27-12-10-16(11-13-27)21(26)32(29,30)18-7-4-15(5-8-18)19-9-6-17(24)14-20(19)25/h4-9,14,16,21H,10-13H2,1-3H3. The van der Waals surface area contributed by atoms with Gasteiger partial charge in [-0.25, -0.2) is 26.4 Å². The van der Waals surface area contributed by atoms with Gasteiger partial charge < -0.3 is 9.64 Å². The Bertz CT molecular complexity index is 1070. The summed E-state index contributed by atoms with van der Waals surface area (Å²) in [6.45, 7) is 5.66. The van der Waals surface area contributed by atoms with Gasteiger partial charge in [-0.05, 0) is 63.4 Å². The minimum atomic E-state index is -4.28. The smallest absolute Gasteiger partial charge is 0.410 e. The van der Waals surface area contributed by atoms with E-state index in [1.807, 2.05) is 0 Å². The van der Waals surface area contributed by atoms with Crippen molar-refractivity contribution in [2.75, 3.05) is 13.1 Å². The summed E-state index contributed by atoms with van der Waals surface area (Å²) in [5.41, 5.74) is -2.32. The number of amides is 1. The highest BCUT2D eigenvalue weighted by Gasteiger charge is 2.38. The number of carbonyl (C=O) groups excluding carboxylic acids is 1. The van der Waals surface area contributed by atoms with E-state index in [0.717, 1.165) is 12.1 Å². The highest BCUT2D eigenvalue weighted by Crippen LogP contribution is 2.32. The van der Waals surface area contributed by atoms with Crippen molar-refractivity contribution in [3.63, 3.8) is 0 Å². The average Bonchev–Trinajstić information content (AvgIpc) is 2.72. The molecule has 0 N–H and O–H groups in total. The van der Waals surface area contributed by atoms with E-state index >= 15 is 4.39 Å². The molecule has 9 heteroatoms. The fourth-order valence-corrected chi connectivity index (χ4v) is 5.16. The van der Waals surface area contributed by atoms with Gasteiger partial charge in [-0.2, -0.15) is 0 Å². The van der Waals surface area contributed by atoms with Crippen LogP contribution in [0.25, 0.3) is 11.1 Å². The number of hydrogen-bond donors (Lipinski definition) is 0. The van der Waals surface area contributed by atoms with E-state index < -0.39 is 44.6 Å². The molecule has 0 aliphatic carbocycles. The van der Waals surface area contributed by atoms with Gasteiger partial charge in [0.05, 0.1) is 4.90 Å². The summed E-state index contributed by atoms with van der Waals surface area (Å²) in [7, 11) is -4.28. The number of likely N-dealkylation sites (tertiary alicyclic amines) is 1. The molecule has 5 nitrogen and oxygen atoms in total. The van der Waals surface area contributed by atoms with Crippen molar-refractivity contribution >= 4 is 15.9 Å². The molecule has 0 aromatic heterocycles. The second kappa shape index (κ2) is 9.13. The summed E-state index contributed by atoms with van der Waals surface area (Å²) < 4.78 is 73.0. The Kier molecular flexibility index (Phi) is 6.88. The van der Waals surface area contributed by atoms with Crippen LogP contribution < -0.4 is 0 Å². The lowest BCUT2D eigenvalue weighted by Gasteiger charge is -2.34. The van der Waals surface area contributed by atoms with Crippen LogP contribution in [0.2, 0.25) is 0 Å². The molecule has 0 saturated carbocycles. The van der Waals surface area contributed by atoms with Crippen LogP contribution in [0.1, 0.15) is 33.6 Å². The maximum atomic E-state index is 15.1. The first-order valence-electron chi connectivity index (χ1n) is 10.3. The molecule has 0 spiro atoms. The number of ether oxygens (including phenoxy) is 1. The molecule has 1 saturated heterocycles. The van der Waals surface area contributed by atoms with Crippen molar-refractivity contribution in [3.8, 4) is 11.1 Å². The van der Waals surface area contributed by atoms with E-state index in [-0.39, 0.29) is 36.4 Å². The molecule has 2 aromatic carbocycles. The Hall–Kier alpha value is -2.55. The van der Waals surface area contributed by atoms with Gasteiger partial charge in [0.25, 0.3) is 0 Å². The molecule has 1 atom stereocenters. The topological polar surface area (TPSA) is 63.7 Å². The Morgan fingerprint density at radius 2 is 1.66 bits per heavy atom. The zero-order chi connectivity index (χ0) is 23.7. The van der Waals surface area contributed by atoms with E-state index in [1.165, 1.54) is 35.2 Å². The summed E-state index contributed by atoms with van der Waals surface area (Å²) in [5, 5.41) is 0. The van der Waals surface area contributed by atoms with E-state index in [4.69, 9.17) is 4.74 Å². The number of halogens is 3. The number of nitrogens with zero attached hydrogens (tertiary/aromatic N) is 1. The van der Waals surface area contributed by atoms with Crippen LogP contribution in [0.4, 0.5) is 18.0 Å². The van der Waals surface area contributed by atoms with E-state index in [1.54, 1.807) is 20.8 Å². The fraction of sp³-hybridized carbons (Fsp3) is 0.435. The van der Waals surface area contributed by atoms with Gasteiger partial charge in [-0.1, -0.05) is 12.1 Å². The number of alkyl halides is 1. The molecular weight excluding hydrogens is 443 g/mol. The van der Waals surface area contributed by atoms with Crippen molar-refractivity contribution in [2.24, 2.45) is 5.92 Å². The number of sulfone groups is 1. The largest absolute Gasteiger partial charge is 0.444 e. The number of piperidine rings is 1. The number of carbonyl (C=O) groups is 1. The van der Waals surface area contributed by atoms with Gasteiger partial charge >= 0.3 is 6.09 Å². The lowest BCUT2D eigenvalue weighted by atomic mass is 9.98. The second-order valence-electron chi connectivity index (χ2n) is 8.85. The molecule has 174 valence electrons. The Balaban J connectivity index is 1.68. The van der Waals surface area contributed by atoms with Crippen LogP contribution in [0.5, 0.6) is 0 Å². The lowest BCUT2D eigenvalue weighted by molar-refractivity contribution is 0.0166. The monoisotopic (exact) mass is 469 g/mol. The van der Waals surface area contributed by atoms with Gasteiger partial charge in [0.2, 0.25) is 15.3 Å². The molecule has 0 bridgehead atoms. The van der Waals surface area contributed by atoms with Crippen molar-refractivity contribution in [1.29, 1.82) is 0 Å². The molecule has 0 radical (unpaired) electrons. The van der Waals surface area contributed by atoms with Crippen molar-refractivity contribution in [2.45, 2.75) is 49.6 Å². The normalized spacial score (nSPS) is 16.6. The second-order valence-corrected chi connectivity index (χ2v) is 10.9. The quantitative estimate of drug-likeness (QED) is 0.606. The lowest BCUT2D eigenvalue weighted by Crippen LogP contribution is -2.44. The average molecular weight is 470 g/mol. The van der Waals surface area contributed by atoms with Crippen LogP contribution in [0, 0.1) is 17.6 Å². The molecule has 1 heterocycles.